The van der Waals surface area contributed by atoms with Crippen molar-refractivity contribution in [2.75, 3.05) is 18.8 Å². The van der Waals surface area contributed by atoms with Crippen LogP contribution in [-0.2, 0) is 36.0 Å². The largest absolute Gasteiger partial charge is 0.382 e. The van der Waals surface area contributed by atoms with Gasteiger partial charge in [0.05, 0.1) is 0 Å². The van der Waals surface area contributed by atoms with Crippen molar-refractivity contribution in [3.8, 4) is 0 Å². The van der Waals surface area contributed by atoms with E-state index in [1.54, 1.807) is 0 Å². The number of anilines is 1. The van der Waals surface area contributed by atoms with E-state index in [1.165, 1.54) is 31.0 Å². The van der Waals surface area contributed by atoms with Crippen molar-refractivity contribution in [1.82, 2.24) is 23.8 Å². The number of piperidine rings is 1. The molecule has 9 nitrogen and oxygen atoms in total. The maximum Gasteiger partial charge on any atom is 0.312 e. The molecule has 1 aliphatic carbocycles. The zero-order valence-corrected chi connectivity index (χ0v) is 21.6. The second kappa shape index (κ2) is 9.28. The van der Waals surface area contributed by atoms with Crippen molar-refractivity contribution in [3.05, 3.63) is 44.3 Å². The molecule has 0 spiro atoms. The Kier molecular flexibility index (Phi) is 6.50. The quantitative estimate of drug-likeness (QED) is 0.331. The van der Waals surface area contributed by atoms with Gasteiger partial charge in [-0.1, -0.05) is 6.07 Å². The van der Waals surface area contributed by atoms with Crippen LogP contribution in [0, 0.1) is 15.6 Å². The summed E-state index contributed by atoms with van der Waals surface area (Å²) in [7, 11) is -3.71. The number of aryl methyl sites for hydroxylation is 3. The lowest BCUT2D eigenvalue weighted by Crippen LogP contribution is -2.43. The Hall–Kier alpha value is -1.90. The number of nitrogen functional groups attached to an aromatic ring is 1. The number of fused-ring (bicyclic) bond motifs is 2. The third-order valence-corrected chi connectivity index (χ3v) is 8.94. The first-order valence-corrected chi connectivity index (χ1v) is 14.0. The number of hydrogen-bond acceptors (Lipinski definition) is 6. The highest BCUT2D eigenvalue weighted by molar-refractivity contribution is 14.1. The minimum absolute atomic E-state index is 0.0178. The molecule has 1 aromatic carbocycles. The van der Waals surface area contributed by atoms with Crippen LogP contribution in [0.5, 0.6) is 0 Å². The monoisotopic (exact) mass is 599 g/mol. The molecular weight excluding hydrogens is 572 g/mol. The molecule has 5 rings (SSSR count). The molecule has 4 N–H and O–H groups in total. The van der Waals surface area contributed by atoms with Gasteiger partial charge in [-0.15, -0.1) is 0 Å². The molecule has 34 heavy (non-hydrogen) atoms. The Balaban J connectivity index is 1.46. The van der Waals surface area contributed by atoms with Crippen LogP contribution in [0.2, 0.25) is 0 Å². The SMILES string of the molecule is Nc1nc(F)nc2c1nc(Cc1cc3c(cc1I)CCC3)n2CCC1CCCN(S(N)(=O)=O)C1. The first-order chi connectivity index (χ1) is 16.2. The van der Waals surface area contributed by atoms with Gasteiger partial charge in [0.2, 0.25) is 0 Å². The lowest BCUT2D eigenvalue weighted by Gasteiger charge is -2.30. The zero-order valence-electron chi connectivity index (χ0n) is 18.7. The molecule has 0 saturated carbocycles. The Morgan fingerprint density at radius 2 is 1.91 bits per heavy atom. The highest BCUT2D eigenvalue weighted by atomic mass is 127. The highest BCUT2D eigenvalue weighted by Gasteiger charge is 2.27. The molecular formula is C22H27FIN7O2S. The summed E-state index contributed by atoms with van der Waals surface area (Å²) in [6, 6.07) is 4.51. The van der Waals surface area contributed by atoms with Crippen LogP contribution in [0.3, 0.4) is 0 Å². The number of imidazole rings is 1. The topological polar surface area (TPSA) is 133 Å². The van der Waals surface area contributed by atoms with Crippen LogP contribution in [0.1, 0.15) is 48.2 Å². The van der Waals surface area contributed by atoms with E-state index >= 15 is 0 Å². The molecule has 3 aromatic rings. The number of nitrogens with zero attached hydrogens (tertiary/aromatic N) is 5. The van der Waals surface area contributed by atoms with E-state index in [-0.39, 0.29) is 11.7 Å². The van der Waals surface area contributed by atoms with Crippen molar-refractivity contribution in [3.63, 3.8) is 0 Å². The minimum Gasteiger partial charge on any atom is -0.382 e. The average Bonchev–Trinajstić information content (AvgIpc) is 3.36. The fraction of sp³-hybridized carbons (Fsp3) is 0.500. The summed E-state index contributed by atoms with van der Waals surface area (Å²) in [6.07, 6.45) is 5.42. The molecule has 12 heteroatoms. The van der Waals surface area contributed by atoms with Crippen LogP contribution in [0.4, 0.5) is 10.2 Å². The van der Waals surface area contributed by atoms with Gasteiger partial charge in [0.15, 0.2) is 17.0 Å². The van der Waals surface area contributed by atoms with Crippen molar-refractivity contribution >= 4 is 49.8 Å². The standard InChI is InChI=1S/C22H27FIN7O2S/c23-22-28-20(25)19-21(29-22)31(8-6-13-3-2-7-30(12-13)34(26,32)33)18(27-19)11-16-9-14-4-1-5-15(14)10-17(16)24/h9-10,13H,1-8,11-12H2,(H2,25,28,29)(H2,26,32,33). The molecule has 2 aliphatic rings. The van der Waals surface area contributed by atoms with E-state index < -0.39 is 16.3 Å². The first-order valence-electron chi connectivity index (χ1n) is 11.4. The number of benzene rings is 1. The van der Waals surface area contributed by atoms with Crippen LogP contribution < -0.4 is 10.9 Å². The average molecular weight is 599 g/mol. The summed E-state index contributed by atoms with van der Waals surface area (Å²) in [6.45, 7) is 1.35. The Morgan fingerprint density at radius 3 is 2.68 bits per heavy atom. The van der Waals surface area contributed by atoms with Gasteiger partial charge in [-0.2, -0.15) is 27.1 Å². The highest BCUT2D eigenvalue weighted by Crippen LogP contribution is 2.30. The smallest absolute Gasteiger partial charge is 0.312 e. The fourth-order valence-corrected chi connectivity index (χ4v) is 6.69. The molecule has 1 saturated heterocycles. The predicted molar refractivity (Wildman–Crippen MR) is 136 cm³/mol. The van der Waals surface area contributed by atoms with Crippen molar-refractivity contribution < 1.29 is 12.8 Å². The van der Waals surface area contributed by atoms with Crippen molar-refractivity contribution in [1.29, 1.82) is 0 Å². The summed E-state index contributed by atoms with van der Waals surface area (Å²) in [5.74, 6) is 0.905. The molecule has 1 fully saturated rings. The molecule has 3 heterocycles. The van der Waals surface area contributed by atoms with Gasteiger partial charge in [0.25, 0.3) is 10.2 Å². The first kappa shape index (κ1) is 23.8. The van der Waals surface area contributed by atoms with Gasteiger partial charge in [0, 0.05) is 29.6 Å². The second-order valence-corrected chi connectivity index (χ2v) is 11.9. The van der Waals surface area contributed by atoms with E-state index in [9.17, 15) is 12.8 Å². The normalized spacial score (nSPS) is 19.1. The summed E-state index contributed by atoms with van der Waals surface area (Å²) in [5.41, 5.74) is 10.7. The maximum absolute atomic E-state index is 14.1. The molecule has 0 radical (unpaired) electrons. The zero-order chi connectivity index (χ0) is 24.0. The Bertz CT molecular complexity index is 1360. The summed E-state index contributed by atoms with van der Waals surface area (Å²) >= 11 is 2.36. The molecule has 0 amide bonds. The van der Waals surface area contributed by atoms with E-state index in [4.69, 9.17) is 15.9 Å². The summed E-state index contributed by atoms with van der Waals surface area (Å²) < 4.78 is 42.1. The summed E-state index contributed by atoms with van der Waals surface area (Å²) in [5, 5.41) is 5.34. The van der Waals surface area contributed by atoms with Gasteiger partial charge >= 0.3 is 6.08 Å². The fourth-order valence-electron chi connectivity index (χ4n) is 5.17. The lowest BCUT2D eigenvalue weighted by atomic mass is 9.96. The van der Waals surface area contributed by atoms with Crippen LogP contribution >= 0.6 is 22.6 Å². The minimum atomic E-state index is -3.71. The number of rotatable bonds is 6. The lowest BCUT2D eigenvalue weighted by molar-refractivity contribution is 0.249. The van der Waals surface area contributed by atoms with E-state index in [0.29, 0.717) is 43.6 Å². The number of hydrogen-bond donors (Lipinski definition) is 2. The number of halogens is 2. The van der Waals surface area contributed by atoms with Gasteiger partial charge in [0.1, 0.15) is 5.82 Å². The molecule has 2 aromatic heterocycles. The van der Waals surface area contributed by atoms with Crippen LogP contribution in [0.15, 0.2) is 12.1 Å². The van der Waals surface area contributed by atoms with Crippen LogP contribution in [0.25, 0.3) is 11.2 Å². The van der Waals surface area contributed by atoms with Crippen molar-refractivity contribution in [2.24, 2.45) is 11.1 Å². The van der Waals surface area contributed by atoms with Gasteiger partial charge in [-0.3, -0.25) is 0 Å². The Labute approximate surface area is 211 Å². The van der Waals surface area contributed by atoms with E-state index in [0.717, 1.165) is 31.5 Å². The molecule has 182 valence electrons. The van der Waals surface area contributed by atoms with E-state index in [2.05, 4.69) is 44.7 Å². The summed E-state index contributed by atoms with van der Waals surface area (Å²) in [4.78, 5) is 12.4. The molecule has 0 bridgehead atoms. The van der Waals surface area contributed by atoms with Gasteiger partial charge < -0.3 is 10.3 Å². The molecule has 1 aliphatic heterocycles. The molecule has 1 atom stereocenters. The van der Waals surface area contributed by atoms with Gasteiger partial charge in [-0.25, -0.2) is 10.1 Å². The molecule has 1 unspecified atom stereocenters. The maximum atomic E-state index is 14.1. The Morgan fingerprint density at radius 1 is 1.15 bits per heavy atom. The third kappa shape index (κ3) is 4.77. The van der Waals surface area contributed by atoms with E-state index in [1.807, 2.05) is 4.57 Å². The van der Waals surface area contributed by atoms with Crippen LogP contribution in [-0.4, -0.2) is 45.3 Å². The second-order valence-electron chi connectivity index (χ2n) is 9.17. The van der Waals surface area contributed by atoms with Crippen molar-refractivity contribution in [2.45, 2.75) is 51.5 Å². The third-order valence-electron chi connectivity index (χ3n) is 6.89. The van der Waals surface area contributed by atoms with Gasteiger partial charge in [-0.05, 0) is 89.8 Å². The number of aromatic nitrogens is 4. The number of nitrogens with two attached hydrogens (primary N) is 2. The predicted octanol–water partition coefficient (Wildman–Crippen LogP) is 2.54.